The van der Waals surface area contributed by atoms with Crippen molar-refractivity contribution in [2.24, 2.45) is 0 Å². The average Bonchev–Trinajstić information content (AvgIpc) is 2.58. The summed E-state index contributed by atoms with van der Waals surface area (Å²) in [6.45, 7) is 0.754. The maximum absolute atomic E-state index is 4.08. The highest BCUT2D eigenvalue weighted by Crippen LogP contribution is 2.06. The third kappa shape index (κ3) is 1.14. The summed E-state index contributed by atoms with van der Waals surface area (Å²) in [5.41, 5.74) is 0. The molecule has 0 amide bonds. The van der Waals surface area contributed by atoms with Gasteiger partial charge in [-0.15, -0.1) is 0 Å². The van der Waals surface area contributed by atoms with Crippen LogP contribution >= 0.6 is 0 Å². The predicted molar refractivity (Wildman–Crippen MR) is 41.7 cm³/mol. The molecule has 0 fully saturated rings. The summed E-state index contributed by atoms with van der Waals surface area (Å²) in [5.74, 6) is 0.730. The maximum atomic E-state index is 4.08. The van der Waals surface area contributed by atoms with Gasteiger partial charge < -0.3 is 5.32 Å². The Morgan fingerprint density at radius 2 is 2.18 bits per heavy atom. The molecule has 0 saturated carbocycles. The average molecular weight is 148 g/mol. The van der Waals surface area contributed by atoms with Crippen molar-refractivity contribution in [3.63, 3.8) is 0 Å². The van der Waals surface area contributed by atoms with Gasteiger partial charge in [-0.25, -0.2) is 9.97 Å². The van der Waals surface area contributed by atoms with Gasteiger partial charge >= 0.3 is 0 Å². The Morgan fingerprint density at radius 3 is 2.82 bits per heavy atom. The molecule has 0 saturated heterocycles. The second kappa shape index (κ2) is 2.57. The quantitative estimate of drug-likeness (QED) is 0.622. The van der Waals surface area contributed by atoms with E-state index in [1.807, 2.05) is 17.3 Å². The van der Waals surface area contributed by atoms with E-state index in [0.29, 0.717) is 0 Å². The summed E-state index contributed by atoms with van der Waals surface area (Å²) in [7, 11) is 0. The molecule has 1 N–H and O–H groups in total. The molecule has 0 radical (unpaired) electrons. The lowest BCUT2D eigenvalue weighted by atomic mass is 10.6. The first-order chi connectivity index (χ1) is 5.47. The Hall–Kier alpha value is -1.58. The first-order valence-electron chi connectivity index (χ1n) is 3.40. The van der Waals surface area contributed by atoms with Gasteiger partial charge in [-0.05, 0) is 6.07 Å². The van der Waals surface area contributed by atoms with E-state index in [0.717, 1.165) is 12.6 Å². The standard InChI is InChI=1S/C7H8N4/c1-2-9-7(10-3-1)11-5-4-8-6-11/h1-5,8H,6H2. The zero-order chi connectivity index (χ0) is 7.52. The lowest BCUT2D eigenvalue weighted by Gasteiger charge is -2.10. The molecule has 2 rings (SSSR count). The first-order valence-corrected chi connectivity index (χ1v) is 3.40. The Bertz CT molecular complexity index is 256. The SMILES string of the molecule is C1=CN(c2ncccn2)CN1. The predicted octanol–water partition coefficient (Wildman–Crippen LogP) is 0.315. The van der Waals surface area contributed by atoms with Gasteiger partial charge in [-0.2, -0.15) is 0 Å². The van der Waals surface area contributed by atoms with Crippen LogP contribution in [0, 0.1) is 0 Å². The molecule has 4 heteroatoms. The molecule has 1 aromatic heterocycles. The van der Waals surface area contributed by atoms with Crippen LogP contribution in [0.1, 0.15) is 0 Å². The zero-order valence-electron chi connectivity index (χ0n) is 5.94. The van der Waals surface area contributed by atoms with Gasteiger partial charge in [0.05, 0.1) is 6.67 Å². The van der Waals surface area contributed by atoms with E-state index in [9.17, 15) is 0 Å². The number of rotatable bonds is 1. The van der Waals surface area contributed by atoms with E-state index in [4.69, 9.17) is 0 Å². The molecule has 4 nitrogen and oxygen atoms in total. The lowest BCUT2D eigenvalue weighted by molar-refractivity contribution is 0.867. The molecule has 0 spiro atoms. The van der Waals surface area contributed by atoms with Crippen LogP contribution in [-0.2, 0) is 0 Å². The van der Waals surface area contributed by atoms with Crippen molar-refractivity contribution in [2.45, 2.75) is 0 Å². The molecule has 2 heterocycles. The summed E-state index contributed by atoms with van der Waals surface area (Å²) in [6.07, 6.45) is 7.24. The minimum atomic E-state index is 0.730. The lowest BCUT2D eigenvalue weighted by Crippen LogP contribution is -2.21. The smallest absolute Gasteiger partial charge is 0.230 e. The number of hydrogen-bond donors (Lipinski definition) is 1. The Balaban J connectivity index is 2.23. The monoisotopic (exact) mass is 148 g/mol. The molecule has 56 valence electrons. The van der Waals surface area contributed by atoms with Crippen LogP contribution in [0.15, 0.2) is 30.9 Å². The van der Waals surface area contributed by atoms with E-state index < -0.39 is 0 Å². The summed E-state index contributed by atoms with van der Waals surface area (Å²) in [6, 6.07) is 1.80. The largest absolute Gasteiger partial charge is 0.372 e. The van der Waals surface area contributed by atoms with Gasteiger partial charge in [0, 0.05) is 24.8 Å². The number of aromatic nitrogens is 2. The fourth-order valence-electron chi connectivity index (χ4n) is 0.923. The second-order valence-corrected chi connectivity index (χ2v) is 2.20. The molecular formula is C7H8N4. The van der Waals surface area contributed by atoms with Crippen molar-refractivity contribution in [1.82, 2.24) is 15.3 Å². The molecule has 1 aliphatic rings. The number of nitrogens with zero attached hydrogens (tertiary/aromatic N) is 3. The van der Waals surface area contributed by atoms with Gasteiger partial charge in [0.1, 0.15) is 0 Å². The second-order valence-electron chi connectivity index (χ2n) is 2.20. The van der Waals surface area contributed by atoms with Crippen molar-refractivity contribution in [1.29, 1.82) is 0 Å². The third-order valence-electron chi connectivity index (χ3n) is 1.44. The fourth-order valence-corrected chi connectivity index (χ4v) is 0.923. The molecular weight excluding hydrogens is 140 g/mol. The van der Waals surface area contributed by atoms with Crippen LogP contribution < -0.4 is 10.2 Å². The molecule has 0 unspecified atom stereocenters. The van der Waals surface area contributed by atoms with Gasteiger partial charge in [0.15, 0.2) is 0 Å². The van der Waals surface area contributed by atoms with Crippen molar-refractivity contribution < 1.29 is 0 Å². The fraction of sp³-hybridized carbons (Fsp3) is 0.143. The van der Waals surface area contributed by atoms with Crippen LogP contribution in [0.4, 0.5) is 5.95 Å². The van der Waals surface area contributed by atoms with Crippen molar-refractivity contribution in [2.75, 3.05) is 11.6 Å². The van der Waals surface area contributed by atoms with Gasteiger partial charge in [-0.3, -0.25) is 4.90 Å². The van der Waals surface area contributed by atoms with E-state index in [1.165, 1.54) is 0 Å². The topological polar surface area (TPSA) is 41.1 Å². The molecule has 0 atom stereocenters. The van der Waals surface area contributed by atoms with Gasteiger partial charge in [0.2, 0.25) is 5.95 Å². The maximum Gasteiger partial charge on any atom is 0.230 e. The van der Waals surface area contributed by atoms with E-state index in [-0.39, 0.29) is 0 Å². The molecule has 11 heavy (non-hydrogen) atoms. The zero-order valence-corrected chi connectivity index (χ0v) is 5.94. The number of anilines is 1. The van der Waals surface area contributed by atoms with Crippen LogP contribution in [-0.4, -0.2) is 16.6 Å². The number of hydrogen-bond acceptors (Lipinski definition) is 4. The highest BCUT2D eigenvalue weighted by atomic mass is 15.3. The summed E-state index contributed by atoms with van der Waals surface area (Å²) >= 11 is 0. The van der Waals surface area contributed by atoms with Crippen LogP contribution in [0.3, 0.4) is 0 Å². The van der Waals surface area contributed by atoms with Gasteiger partial charge in [-0.1, -0.05) is 0 Å². The molecule has 1 aromatic rings. The molecule has 0 bridgehead atoms. The molecule has 1 aliphatic heterocycles. The van der Waals surface area contributed by atoms with E-state index in [2.05, 4.69) is 15.3 Å². The first kappa shape index (κ1) is 6.15. The summed E-state index contributed by atoms with van der Waals surface area (Å²) in [5, 5.41) is 3.04. The normalized spacial score (nSPS) is 15.1. The molecule has 0 aliphatic carbocycles. The van der Waals surface area contributed by atoms with E-state index in [1.54, 1.807) is 18.5 Å². The molecule has 0 aromatic carbocycles. The Kier molecular flexibility index (Phi) is 1.44. The number of nitrogens with one attached hydrogen (secondary N) is 1. The van der Waals surface area contributed by atoms with Crippen LogP contribution in [0.2, 0.25) is 0 Å². The highest BCUT2D eigenvalue weighted by Gasteiger charge is 2.06. The minimum Gasteiger partial charge on any atom is -0.372 e. The highest BCUT2D eigenvalue weighted by molar-refractivity contribution is 5.35. The van der Waals surface area contributed by atoms with Crippen LogP contribution in [0.25, 0.3) is 0 Å². The van der Waals surface area contributed by atoms with Gasteiger partial charge in [0.25, 0.3) is 0 Å². The van der Waals surface area contributed by atoms with E-state index >= 15 is 0 Å². The van der Waals surface area contributed by atoms with Crippen molar-refractivity contribution in [3.05, 3.63) is 30.9 Å². The summed E-state index contributed by atoms with van der Waals surface area (Å²) in [4.78, 5) is 10.1. The minimum absolute atomic E-state index is 0.730. The summed E-state index contributed by atoms with van der Waals surface area (Å²) < 4.78 is 0. The third-order valence-corrected chi connectivity index (χ3v) is 1.44. The van der Waals surface area contributed by atoms with Crippen LogP contribution in [0.5, 0.6) is 0 Å². The Morgan fingerprint density at radius 1 is 1.36 bits per heavy atom. The van der Waals surface area contributed by atoms with Crippen molar-refractivity contribution >= 4 is 5.95 Å². The Labute approximate surface area is 64.6 Å². The van der Waals surface area contributed by atoms with Crippen molar-refractivity contribution in [3.8, 4) is 0 Å².